The Labute approximate surface area is 98.3 Å². The van der Waals surface area contributed by atoms with Crippen molar-refractivity contribution in [3.8, 4) is 0 Å². The average Bonchev–Trinajstić information content (AvgIpc) is 2.95. The van der Waals surface area contributed by atoms with E-state index < -0.39 is 0 Å². The molecule has 0 aromatic heterocycles. The highest BCUT2D eigenvalue weighted by atomic mass is 16.5. The molecular weight excluding hydrogens is 204 g/mol. The predicted molar refractivity (Wildman–Crippen MR) is 63.6 cm³/mol. The fourth-order valence-electron chi connectivity index (χ4n) is 2.53. The van der Waals surface area contributed by atoms with Crippen LogP contribution >= 0.6 is 0 Å². The first-order valence-corrected chi connectivity index (χ1v) is 6.41. The monoisotopic (exact) mass is 228 g/mol. The van der Waals surface area contributed by atoms with Crippen LogP contribution in [0.3, 0.4) is 0 Å². The SMILES string of the molecule is COCCN1CCC(CNC2CCOC2)C1. The van der Waals surface area contributed by atoms with E-state index >= 15 is 0 Å². The molecule has 1 N–H and O–H groups in total. The highest BCUT2D eigenvalue weighted by molar-refractivity contribution is 4.79. The fourth-order valence-corrected chi connectivity index (χ4v) is 2.53. The van der Waals surface area contributed by atoms with Gasteiger partial charge in [-0.3, -0.25) is 0 Å². The third-order valence-electron chi connectivity index (χ3n) is 3.61. The molecule has 2 atom stereocenters. The van der Waals surface area contributed by atoms with Crippen LogP contribution in [0.2, 0.25) is 0 Å². The highest BCUT2D eigenvalue weighted by Crippen LogP contribution is 2.15. The van der Waals surface area contributed by atoms with Gasteiger partial charge in [0, 0.05) is 32.8 Å². The fraction of sp³-hybridized carbons (Fsp3) is 1.00. The summed E-state index contributed by atoms with van der Waals surface area (Å²) in [5.41, 5.74) is 0. The van der Waals surface area contributed by atoms with Gasteiger partial charge in [-0.25, -0.2) is 0 Å². The third-order valence-corrected chi connectivity index (χ3v) is 3.61. The summed E-state index contributed by atoms with van der Waals surface area (Å²) in [6.45, 7) is 7.39. The van der Waals surface area contributed by atoms with Gasteiger partial charge in [0.15, 0.2) is 0 Å². The van der Waals surface area contributed by atoms with Gasteiger partial charge in [0.25, 0.3) is 0 Å². The normalized spacial score (nSPS) is 31.3. The second-order valence-electron chi connectivity index (χ2n) is 4.92. The third kappa shape index (κ3) is 3.70. The Balaban J connectivity index is 1.57. The van der Waals surface area contributed by atoms with E-state index in [0.29, 0.717) is 6.04 Å². The predicted octanol–water partition coefficient (Wildman–Crippen LogP) is 0.333. The van der Waals surface area contributed by atoms with E-state index in [-0.39, 0.29) is 0 Å². The van der Waals surface area contributed by atoms with Gasteiger partial charge in [-0.1, -0.05) is 0 Å². The molecule has 0 saturated carbocycles. The second-order valence-corrected chi connectivity index (χ2v) is 4.92. The molecule has 2 fully saturated rings. The van der Waals surface area contributed by atoms with Crippen molar-refractivity contribution in [2.24, 2.45) is 5.92 Å². The summed E-state index contributed by atoms with van der Waals surface area (Å²) in [7, 11) is 1.77. The zero-order chi connectivity index (χ0) is 11.2. The molecule has 2 unspecified atom stereocenters. The Morgan fingerprint density at radius 3 is 3.12 bits per heavy atom. The maximum absolute atomic E-state index is 5.36. The lowest BCUT2D eigenvalue weighted by Crippen LogP contribution is -2.35. The summed E-state index contributed by atoms with van der Waals surface area (Å²) < 4.78 is 10.5. The maximum atomic E-state index is 5.36. The Kier molecular flexibility index (Phi) is 5.03. The largest absolute Gasteiger partial charge is 0.383 e. The molecular formula is C12H24N2O2. The number of nitrogens with one attached hydrogen (secondary N) is 1. The van der Waals surface area contributed by atoms with Crippen molar-refractivity contribution in [1.29, 1.82) is 0 Å². The zero-order valence-electron chi connectivity index (χ0n) is 10.3. The molecule has 16 heavy (non-hydrogen) atoms. The number of ether oxygens (including phenoxy) is 2. The van der Waals surface area contributed by atoms with Crippen LogP contribution in [0.15, 0.2) is 0 Å². The van der Waals surface area contributed by atoms with Gasteiger partial charge in [-0.15, -0.1) is 0 Å². The quantitative estimate of drug-likeness (QED) is 0.710. The topological polar surface area (TPSA) is 33.7 Å². The molecule has 2 heterocycles. The number of hydrogen-bond donors (Lipinski definition) is 1. The second kappa shape index (κ2) is 6.55. The Hall–Kier alpha value is -0.160. The van der Waals surface area contributed by atoms with Crippen molar-refractivity contribution >= 4 is 0 Å². The molecule has 0 aromatic carbocycles. The van der Waals surface area contributed by atoms with E-state index in [1.807, 2.05) is 0 Å². The van der Waals surface area contributed by atoms with E-state index in [4.69, 9.17) is 9.47 Å². The van der Waals surface area contributed by atoms with Crippen LogP contribution in [0.5, 0.6) is 0 Å². The number of rotatable bonds is 6. The summed E-state index contributed by atoms with van der Waals surface area (Å²) in [5, 5.41) is 3.62. The first-order chi connectivity index (χ1) is 7.88. The molecule has 0 aromatic rings. The maximum Gasteiger partial charge on any atom is 0.0620 e. The van der Waals surface area contributed by atoms with Crippen LogP contribution in [0.1, 0.15) is 12.8 Å². The molecule has 0 spiro atoms. The number of likely N-dealkylation sites (tertiary alicyclic amines) is 1. The molecule has 94 valence electrons. The van der Waals surface area contributed by atoms with Crippen LogP contribution < -0.4 is 5.32 Å². The minimum Gasteiger partial charge on any atom is -0.383 e. The van der Waals surface area contributed by atoms with Crippen molar-refractivity contribution in [2.75, 3.05) is 53.1 Å². The van der Waals surface area contributed by atoms with E-state index in [1.165, 1.54) is 25.9 Å². The van der Waals surface area contributed by atoms with Gasteiger partial charge in [-0.2, -0.15) is 0 Å². The van der Waals surface area contributed by atoms with Gasteiger partial charge < -0.3 is 19.7 Å². The lowest BCUT2D eigenvalue weighted by atomic mass is 10.1. The van der Waals surface area contributed by atoms with Gasteiger partial charge in [0.2, 0.25) is 0 Å². The molecule has 2 rings (SSSR count). The Morgan fingerprint density at radius 1 is 1.44 bits per heavy atom. The summed E-state index contributed by atoms with van der Waals surface area (Å²) in [4.78, 5) is 2.50. The summed E-state index contributed by atoms with van der Waals surface area (Å²) in [5.74, 6) is 0.817. The first kappa shape index (κ1) is 12.3. The van der Waals surface area contributed by atoms with E-state index in [9.17, 15) is 0 Å². The average molecular weight is 228 g/mol. The van der Waals surface area contributed by atoms with Crippen molar-refractivity contribution < 1.29 is 9.47 Å². The molecule has 0 radical (unpaired) electrons. The Morgan fingerprint density at radius 2 is 2.38 bits per heavy atom. The number of methoxy groups -OCH3 is 1. The van der Waals surface area contributed by atoms with E-state index in [0.717, 1.165) is 38.8 Å². The van der Waals surface area contributed by atoms with Gasteiger partial charge in [0.05, 0.1) is 13.2 Å². The standard InChI is InChI=1S/C12H24N2O2/c1-15-7-5-14-4-2-11(9-14)8-13-12-3-6-16-10-12/h11-13H,2-10H2,1H3. The van der Waals surface area contributed by atoms with Gasteiger partial charge in [-0.05, 0) is 31.8 Å². The summed E-state index contributed by atoms with van der Waals surface area (Å²) >= 11 is 0. The smallest absolute Gasteiger partial charge is 0.0620 e. The Bertz CT molecular complexity index is 195. The molecule has 2 aliphatic rings. The van der Waals surface area contributed by atoms with Gasteiger partial charge >= 0.3 is 0 Å². The van der Waals surface area contributed by atoms with Crippen molar-refractivity contribution in [3.05, 3.63) is 0 Å². The van der Waals surface area contributed by atoms with E-state index in [1.54, 1.807) is 7.11 Å². The molecule has 0 aliphatic carbocycles. The molecule has 2 aliphatic heterocycles. The summed E-state index contributed by atoms with van der Waals surface area (Å²) in [6, 6.07) is 0.605. The molecule has 4 nitrogen and oxygen atoms in total. The van der Waals surface area contributed by atoms with Crippen LogP contribution in [-0.4, -0.2) is 64.1 Å². The van der Waals surface area contributed by atoms with Crippen LogP contribution in [-0.2, 0) is 9.47 Å². The van der Waals surface area contributed by atoms with E-state index in [2.05, 4.69) is 10.2 Å². The van der Waals surface area contributed by atoms with Crippen LogP contribution in [0, 0.1) is 5.92 Å². The van der Waals surface area contributed by atoms with Crippen molar-refractivity contribution in [1.82, 2.24) is 10.2 Å². The summed E-state index contributed by atoms with van der Waals surface area (Å²) in [6.07, 6.45) is 2.50. The lowest BCUT2D eigenvalue weighted by molar-refractivity contribution is 0.158. The highest BCUT2D eigenvalue weighted by Gasteiger charge is 2.23. The number of hydrogen-bond acceptors (Lipinski definition) is 4. The zero-order valence-corrected chi connectivity index (χ0v) is 10.3. The van der Waals surface area contributed by atoms with Crippen molar-refractivity contribution in [2.45, 2.75) is 18.9 Å². The minimum atomic E-state index is 0.605. The van der Waals surface area contributed by atoms with Crippen LogP contribution in [0.4, 0.5) is 0 Å². The molecule has 0 amide bonds. The minimum absolute atomic E-state index is 0.605. The van der Waals surface area contributed by atoms with Crippen molar-refractivity contribution in [3.63, 3.8) is 0 Å². The molecule has 2 saturated heterocycles. The molecule has 4 heteroatoms. The number of nitrogens with zero attached hydrogens (tertiary/aromatic N) is 1. The lowest BCUT2D eigenvalue weighted by Gasteiger charge is -2.17. The van der Waals surface area contributed by atoms with Gasteiger partial charge in [0.1, 0.15) is 0 Å². The first-order valence-electron chi connectivity index (χ1n) is 6.41. The van der Waals surface area contributed by atoms with Crippen LogP contribution in [0.25, 0.3) is 0 Å². The molecule has 0 bridgehead atoms.